The second kappa shape index (κ2) is 7.70. The van der Waals surface area contributed by atoms with Gasteiger partial charge in [0.25, 0.3) is 5.91 Å². The maximum atomic E-state index is 13.0. The lowest BCUT2D eigenvalue weighted by Gasteiger charge is -2.35. The SMILES string of the molecule is O=C(c1cccc2ccccc12)N1CCN(CCCn2ccnc2)CC1. The lowest BCUT2D eigenvalue weighted by molar-refractivity contribution is 0.0636. The van der Waals surface area contributed by atoms with E-state index in [0.29, 0.717) is 0 Å². The Hall–Kier alpha value is -2.66. The van der Waals surface area contributed by atoms with Gasteiger partial charge in [-0.15, -0.1) is 0 Å². The number of aryl methyl sites for hydroxylation is 1. The molecule has 0 N–H and O–H groups in total. The molecule has 1 aromatic heterocycles. The second-order valence-electron chi connectivity index (χ2n) is 6.81. The number of amides is 1. The van der Waals surface area contributed by atoms with Crippen molar-refractivity contribution < 1.29 is 4.79 Å². The van der Waals surface area contributed by atoms with Crippen LogP contribution in [-0.4, -0.2) is 58.0 Å². The molecular formula is C21H24N4O. The molecule has 4 rings (SSSR count). The molecule has 0 aliphatic carbocycles. The maximum absolute atomic E-state index is 13.0. The minimum absolute atomic E-state index is 0.153. The number of piperazine rings is 1. The Bertz CT molecular complexity index is 861. The Balaban J connectivity index is 1.33. The Morgan fingerprint density at radius 2 is 1.77 bits per heavy atom. The first-order chi connectivity index (χ1) is 12.8. The summed E-state index contributed by atoms with van der Waals surface area (Å²) in [6.07, 6.45) is 6.78. The summed E-state index contributed by atoms with van der Waals surface area (Å²) in [7, 11) is 0. The zero-order valence-electron chi connectivity index (χ0n) is 14.9. The van der Waals surface area contributed by atoms with Crippen LogP contribution in [0.5, 0.6) is 0 Å². The summed E-state index contributed by atoms with van der Waals surface area (Å²) >= 11 is 0. The lowest BCUT2D eigenvalue weighted by Crippen LogP contribution is -2.49. The average molecular weight is 348 g/mol. The van der Waals surface area contributed by atoms with E-state index in [9.17, 15) is 4.79 Å². The van der Waals surface area contributed by atoms with Crippen molar-refractivity contribution in [1.29, 1.82) is 0 Å². The van der Waals surface area contributed by atoms with Crippen LogP contribution in [0, 0.1) is 0 Å². The Morgan fingerprint density at radius 1 is 0.962 bits per heavy atom. The third-order valence-electron chi connectivity index (χ3n) is 5.13. The highest BCUT2D eigenvalue weighted by Crippen LogP contribution is 2.20. The van der Waals surface area contributed by atoms with Crippen LogP contribution in [0.2, 0.25) is 0 Å². The van der Waals surface area contributed by atoms with Crippen molar-refractivity contribution in [2.24, 2.45) is 0 Å². The normalized spacial score (nSPS) is 15.5. The van der Waals surface area contributed by atoms with Crippen molar-refractivity contribution >= 4 is 16.7 Å². The molecule has 3 aromatic rings. The summed E-state index contributed by atoms with van der Waals surface area (Å²) in [4.78, 5) is 21.5. The van der Waals surface area contributed by atoms with E-state index < -0.39 is 0 Å². The summed E-state index contributed by atoms with van der Waals surface area (Å²) in [5.74, 6) is 0.153. The van der Waals surface area contributed by atoms with Gasteiger partial charge in [0.15, 0.2) is 0 Å². The third kappa shape index (κ3) is 3.63. The van der Waals surface area contributed by atoms with Gasteiger partial charge in [0.1, 0.15) is 0 Å². The number of benzene rings is 2. The Morgan fingerprint density at radius 3 is 2.58 bits per heavy atom. The topological polar surface area (TPSA) is 41.4 Å². The predicted molar refractivity (Wildman–Crippen MR) is 103 cm³/mol. The lowest BCUT2D eigenvalue weighted by atomic mass is 10.0. The van der Waals surface area contributed by atoms with E-state index in [-0.39, 0.29) is 5.91 Å². The number of aromatic nitrogens is 2. The molecule has 0 spiro atoms. The molecule has 0 saturated carbocycles. The predicted octanol–water partition coefficient (Wildman–Crippen LogP) is 2.88. The molecule has 2 heterocycles. The van der Waals surface area contributed by atoms with Gasteiger partial charge < -0.3 is 9.47 Å². The fourth-order valence-electron chi connectivity index (χ4n) is 3.65. The third-order valence-corrected chi connectivity index (χ3v) is 5.13. The number of rotatable bonds is 5. The highest BCUT2D eigenvalue weighted by molar-refractivity contribution is 6.07. The molecule has 26 heavy (non-hydrogen) atoms. The van der Waals surface area contributed by atoms with E-state index in [2.05, 4.69) is 26.6 Å². The van der Waals surface area contributed by atoms with E-state index in [1.165, 1.54) is 0 Å². The summed E-state index contributed by atoms with van der Waals surface area (Å²) in [5, 5.41) is 2.17. The first-order valence-electron chi connectivity index (χ1n) is 9.26. The standard InChI is InChI=1S/C21H24N4O/c26-21(20-8-3-6-18-5-1-2-7-19(18)20)25-15-13-23(14-16-25)10-4-11-24-12-9-22-17-24/h1-3,5-9,12,17H,4,10-11,13-16H2. The molecule has 0 radical (unpaired) electrons. The van der Waals surface area contributed by atoms with Gasteiger partial charge >= 0.3 is 0 Å². The van der Waals surface area contributed by atoms with E-state index in [0.717, 1.165) is 62.0 Å². The molecular weight excluding hydrogens is 324 g/mol. The first-order valence-corrected chi connectivity index (χ1v) is 9.26. The molecule has 1 aliphatic rings. The van der Waals surface area contributed by atoms with Crippen LogP contribution < -0.4 is 0 Å². The van der Waals surface area contributed by atoms with Gasteiger partial charge in [-0.1, -0.05) is 36.4 Å². The van der Waals surface area contributed by atoms with Gasteiger partial charge in [-0.2, -0.15) is 0 Å². The molecule has 0 atom stereocenters. The van der Waals surface area contributed by atoms with E-state index >= 15 is 0 Å². The first kappa shape index (κ1) is 16.8. The van der Waals surface area contributed by atoms with Gasteiger partial charge in [0.05, 0.1) is 6.33 Å². The highest BCUT2D eigenvalue weighted by atomic mass is 16.2. The van der Waals surface area contributed by atoms with Crippen LogP contribution in [0.15, 0.2) is 61.2 Å². The van der Waals surface area contributed by atoms with Crippen LogP contribution in [-0.2, 0) is 6.54 Å². The molecule has 2 aromatic carbocycles. The minimum Gasteiger partial charge on any atom is -0.337 e. The molecule has 134 valence electrons. The smallest absolute Gasteiger partial charge is 0.254 e. The van der Waals surface area contributed by atoms with Gasteiger partial charge in [-0.05, 0) is 29.8 Å². The van der Waals surface area contributed by atoms with Crippen molar-refractivity contribution in [1.82, 2.24) is 19.4 Å². The molecule has 0 bridgehead atoms. The number of carbonyl (C=O) groups excluding carboxylic acids is 1. The summed E-state index contributed by atoms with van der Waals surface area (Å²) < 4.78 is 2.11. The molecule has 5 nitrogen and oxygen atoms in total. The fourth-order valence-corrected chi connectivity index (χ4v) is 3.65. The van der Waals surface area contributed by atoms with Crippen LogP contribution in [0.4, 0.5) is 0 Å². The van der Waals surface area contributed by atoms with Gasteiger partial charge in [0.2, 0.25) is 0 Å². The number of nitrogens with zero attached hydrogens (tertiary/aromatic N) is 4. The monoisotopic (exact) mass is 348 g/mol. The number of fused-ring (bicyclic) bond motifs is 1. The zero-order valence-corrected chi connectivity index (χ0v) is 14.9. The van der Waals surface area contributed by atoms with Crippen molar-refractivity contribution in [3.05, 3.63) is 66.7 Å². The summed E-state index contributed by atoms with van der Waals surface area (Å²) in [6.45, 7) is 5.55. The van der Waals surface area contributed by atoms with Gasteiger partial charge in [-0.3, -0.25) is 9.69 Å². The minimum atomic E-state index is 0.153. The van der Waals surface area contributed by atoms with E-state index in [1.807, 2.05) is 54.0 Å². The van der Waals surface area contributed by atoms with Crippen LogP contribution in [0.25, 0.3) is 10.8 Å². The molecule has 1 fully saturated rings. The second-order valence-corrected chi connectivity index (χ2v) is 6.81. The maximum Gasteiger partial charge on any atom is 0.254 e. The Labute approximate surface area is 153 Å². The van der Waals surface area contributed by atoms with Crippen LogP contribution in [0.1, 0.15) is 16.8 Å². The van der Waals surface area contributed by atoms with Crippen LogP contribution in [0.3, 0.4) is 0 Å². The summed E-state index contributed by atoms with van der Waals surface area (Å²) in [6, 6.07) is 14.1. The Kier molecular flexibility index (Phi) is 4.97. The van der Waals surface area contributed by atoms with Crippen LogP contribution >= 0.6 is 0 Å². The summed E-state index contributed by atoms with van der Waals surface area (Å²) in [5.41, 5.74) is 0.816. The van der Waals surface area contributed by atoms with Gasteiger partial charge in [0, 0.05) is 50.7 Å². The molecule has 1 saturated heterocycles. The fraction of sp³-hybridized carbons (Fsp3) is 0.333. The van der Waals surface area contributed by atoms with Gasteiger partial charge in [-0.25, -0.2) is 4.98 Å². The van der Waals surface area contributed by atoms with E-state index in [4.69, 9.17) is 0 Å². The number of imidazole rings is 1. The molecule has 1 amide bonds. The van der Waals surface area contributed by atoms with Crippen molar-refractivity contribution in [3.8, 4) is 0 Å². The molecule has 5 heteroatoms. The zero-order chi connectivity index (χ0) is 17.8. The number of hydrogen-bond acceptors (Lipinski definition) is 3. The van der Waals surface area contributed by atoms with Crippen molar-refractivity contribution in [3.63, 3.8) is 0 Å². The number of carbonyl (C=O) groups is 1. The molecule has 0 unspecified atom stereocenters. The van der Waals surface area contributed by atoms with E-state index in [1.54, 1.807) is 0 Å². The largest absolute Gasteiger partial charge is 0.337 e. The molecule has 1 aliphatic heterocycles. The quantitative estimate of drug-likeness (QED) is 0.712. The van der Waals surface area contributed by atoms with Crippen molar-refractivity contribution in [2.45, 2.75) is 13.0 Å². The average Bonchev–Trinajstić information content (AvgIpc) is 3.21. The highest BCUT2D eigenvalue weighted by Gasteiger charge is 2.22. The van der Waals surface area contributed by atoms with Crippen molar-refractivity contribution in [2.75, 3.05) is 32.7 Å². The number of hydrogen-bond donors (Lipinski definition) is 0.